The fourth-order valence-corrected chi connectivity index (χ4v) is 6.07. The predicted molar refractivity (Wildman–Crippen MR) is 146 cm³/mol. The number of hydrogen-bond acceptors (Lipinski definition) is 0. The van der Waals surface area contributed by atoms with Crippen LogP contribution >= 0.6 is 0 Å². The Bertz CT molecular complexity index is 1920. The molecule has 34 heavy (non-hydrogen) atoms. The molecular formula is C34H20. The number of fused-ring (bicyclic) bond motifs is 9. The van der Waals surface area contributed by atoms with Gasteiger partial charge >= 0.3 is 0 Å². The molecule has 0 aliphatic heterocycles. The molecule has 1 aliphatic carbocycles. The van der Waals surface area contributed by atoms with Crippen LogP contribution in [0.4, 0.5) is 0 Å². The van der Waals surface area contributed by atoms with E-state index in [0.717, 1.165) is 0 Å². The number of benzene rings is 7. The first kappa shape index (κ1) is 18.1. The lowest BCUT2D eigenvalue weighted by molar-refractivity contribution is 1.68. The van der Waals surface area contributed by atoms with Crippen LogP contribution in [0.5, 0.6) is 0 Å². The van der Waals surface area contributed by atoms with Crippen LogP contribution in [0.25, 0.3) is 76.5 Å². The summed E-state index contributed by atoms with van der Waals surface area (Å²) < 4.78 is 0. The van der Waals surface area contributed by atoms with Crippen LogP contribution in [0.1, 0.15) is 0 Å². The molecule has 0 N–H and O–H groups in total. The van der Waals surface area contributed by atoms with Crippen molar-refractivity contribution in [2.75, 3.05) is 0 Å². The van der Waals surface area contributed by atoms with E-state index < -0.39 is 0 Å². The summed E-state index contributed by atoms with van der Waals surface area (Å²) in [6, 6.07) is 44.8. The van der Waals surface area contributed by atoms with Gasteiger partial charge in [0, 0.05) is 0 Å². The first-order valence-electron chi connectivity index (χ1n) is 11.9. The topological polar surface area (TPSA) is 0 Å². The maximum atomic E-state index is 2.39. The molecule has 0 bridgehead atoms. The average Bonchev–Trinajstić information content (AvgIpc) is 3.24. The maximum absolute atomic E-state index is 2.39. The molecule has 0 saturated heterocycles. The zero-order valence-electron chi connectivity index (χ0n) is 18.5. The molecule has 7 aromatic rings. The fourth-order valence-electron chi connectivity index (χ4n) is 6.07. The van der Waals surface area contributed by atoms with Crippen molar-refractivity contribution in [3.63, 3.8) is 0 Å². The van der Waals surface area contributed by atoms with E-state index in [0.29, 0.717) is 0 Å². The van der Waals surface area contributed by atoms with E-state index in [2.05, 4.69) is 121 Å². The second-order valence-electron chi connectivity index (χ2n) is 9.32. The molecule has 0 spiro atoms. The molecule has 0 unspecified atom stereocenters. The van der Waals surface area contributed by atoms with Crippen molar-refractivity contribution in [3.8, 4) is 33.4 Å². The van der Waals surface area contributed by atoms with Gasteiger partial charge in [-0.1, -0.05) is 103 Å². The molecule has 0 heteroatoms. The van der Waals surface area contributed by atoms with Gasteiger partial charge in [-0.15, -0.1) is 0 Å². The third-order valence-corrected chi connectivity index (χ3v) is 7.56. The lowest BCUT2D eigenvalue weighted by Crippen LogP contribution is -1.86. The van der Waals surface area contributed by atoms with E-state index in [4.69, 9.17) is 0 Å². The highest BCUT2D eigenvalue weighted by Crippen LogP contribution is 2.48. The Balaban J connectivity index is 1.45. The van der Waals surface area contributed by atoms with Crippen molar-refractivity contribution >= 4 is 43.1 Å². The summed E-state index contributed by atoms with van der Waals surface area (Å²) in [5.41, 5.74) is 7.92. The van der Waals surface area contributed by atoms with Crippen LogP contribution in [0.2, 0.25) is 0 Å². The molecule has 156 valence electrons. The summed E-state index contributed by atoms with van der Waals surface area (Å²) in [4.78, 5) is 0. The molecule has 1 aliphatic rings. The van der Waals surface area contributed by atoms with E-state index in [1.165, 1.54) is 76.5 Å². The molecule has 0 heterocycles. The van der Waals surface area contributed by atoms with Crippen molar-refractivity contribution in [2.24, 2.45) is 0 Å². The SMILES string of the molecule is c1ccc2c(c1)-c1cccc3cc(-c4ccc5c6ccccc6c6ccccc6c5c4)cc-2c13. The Morgan fingerprint density at radius 3 is 1.56 bits per heavy atom. The van der Waals surface area contributed by atoms with Crippen LogP contribution in [0.3, 0.4) is 0 Å². The summed E-state index contributed by atoms with van der Waals surface area (Å²) in [6.07, 6.45) is 0. The number of rotatable bonds is 1. The first-order chi connectivity index (χ1) is 16.9. The van der Waals surface area contributed by atoms with E-state index in [-0.39, 0.29) is 0 Å². The largest absolute Gasteiger partial charge is 0.0616 e. The fraction of sp³-hybridized carbons (Fsp3) is 0. The van der Waals surface area contributed by atoms with Gasteiger partial charge in [0.25, 0.3) is 0 Å². The van der Waals surface area contributed by atoms with Gasteiger partial charge in [-0.3, -0.25) is 0 Å². The lowest BCUT2D eigenvalue weighted by Gasteiger charge is -2.13. The molecule has 0 nitrogen and oxygen atoms in total. The second-order valence-corrected chi connectivity index (χ2v) is 9.32. The van der Waals surface area contributed by atoms with E-state index in [1.807, 2.05) is 0 Å². The molecular weight excluding hydrogens is 408 g/mol. The van der Waals surface area contributed by atoms with Gasteiger partial charge in [0.2, 0.25) is 0 Å². The van der Waals surface area contributed by atoms with Crippen molar-refractivity contribution in [2.45, 2.75) is 0 Å². The van der Waals surface area contributed by atoms with Crippen molar-refractivity contribution in [3.05, 3.63) is 121 Å². The lowest BCUT2D eigenvalue weighted by atomic mass is 9.91. The first-order valence-corrected chi connectivity index (χ1v) is 11.9. The van der Waals surface area contributed by atoms with Crippen LogP contribution in [0, 0.1) is 0 Å². The Morgan fingerprint density at radius 1 is 0.294 bits per heavy atom. The summed E-state index contributed by atoms with van der Waals surface area (Å²) in [7, 11) is 0. The van der Waals surface area contributed by atoms with E-state index in [9.17, 15) is 0 Å². The van der Waals surface area contributed by atoms with Gasteiger partial charge in [-0.25, -0.2) is 0 Å². The Hall–Kier alpha value is -4.42. The van der Waals surface area contributed by atoms with Gasteiger partial charge in [0.1, 0.15) is 0 Å². The minimum atomic E-state index is 1.26. The zero-order chi connectivity index (χ0) is 22.2. The summed E-state index contributed by atoms with van der Waals surface area (Å²) in [5.74, 6) is 0. The van der Waals surface area contributed by atoms with Crippen LogP contribution < -0.4 is 0 Å². The molecule has 0 amide bonds. The van der Waals surface area contributed by atoms with Gasteiger partial charge < -0.3 is 0 Å². The highest BCUT2D eigenvalue weighted by Gasteiger charge is 2.21. The molecule has 8 rings (SSSR count). The quantitative estimate of drug-likeness (QED) is 0.228. The smallest absolute Gasteiger partial charge is 0.00259 e. The maximum Gasteiger partial charge on any atom is -0.00259 e. The van der Waals surface area contributed by atoms with E-state index >= 15 is 0 Å². The minimum Gasteiger partial charge on any atom is -0.0616 e. The van der Waals surface area contributed by atoms with E-state index in [1.54, 1.807) is 0 Å². The monoisotopic (exact) mass is 428 g/mol. The molecule has 0 saturated carbocycles. The van der Waals surface area contributed by atoms with Gasteiger partial charge in [-0.05, 0) is 94.7 Å². The van der Waals surface area contributed by atoms with Gasteiger partial charge in [0.15, 0.2) is 0 Å². The highest BCUT2D eigenvalue weighted by molar-refractivity contribution is 6.26. The minimum absolute atomic E-state index is 1.26. The normalized spacial score (nSPS) is 12.1. The molecule has 0 radical (unpaired) electrons. The third-order valence-electron chi connectivity index (χ3n) is 7.56. The Labute approximate surface area is 197 Å². The van der Waals surface area contributed by atoms with Crippen LogP contribution in [-0.2, 0) is 0 Å². The van der Waals surface area contributed by atoms with Crippen molar-refractivity contribution in [1.82, 2.24) is 0 Å². The highest BCUT2D eigenvalue weighted by atomic mass is 14.2. The van der Waals surface area contributed by atoms with Crippen molar-refractivity contribution in [1.29, 1.82) is 0 Å². The molecule has 0 aromatic heterocycles. The standard InChI is InChI=1S/C34H20/c1-2-11-26-24(9-1)25-10-3-5-13-28(25)32-19-21(16-17-30(26)32)23-18-22-8-7-15-31-27-12-4-6-14-29(27)33(20-23)34(22)31/h1-20H. The summed E-state index contributed by atoms with van der Waals surface area (Å²) >= 11 is 0. The van der Waals surface area contributed by atoms with Gasteiger partial charge in [-0.2, -0.15) is 0 Å². The third kappa shape index (κ3) is 2.32. The Kier molecular flexibility index (Phi) is 3.48. The summed E-state index contributed by atoms with van der Waals surface area (Å²) in [5, 5.41) is 10.6. The van der Waals surface area contributed by atoms with Gasteiger partial charge in [0.05, 0.1) is 0 Å². The molecule has 0 atom stereocenters. The second kappa shape index (κ2) is 6.56. The average molecular weight is 429 g/mol. The Morgan fingerprint density at radius 2 is 0.853 bits per heavy atom. The molecule has 7 aromatic carbocycles. The van der Waals surface area contributed by atoms with Crippen molar-refractivity contribution < 1.29 is 0 Å². The van der Waals surface area contributed by atoms with Crippen LogP contribution in [-0.4, -0.2) is 0 Å². The number of hydrogen-bond donors (Lipinski definition) is 0. The predicted octanol–water partition coefficient (Wildman–Crippen LogP) is 9.61. The summed E-state index contributed by atoms with van der Waals surface area (Å²) in [6.45, 7) is 0. The van der Waals surface area contributed by atoms with Crippen LogP contribution in [0.15, 0.2) is 121 Å². The zero-order valence-corrected chi connectivity index (χ0v) is 18.5. The molecule has 0 fully saturated rings.